The quantitative estimate of drug-likeness (QED) is 0.219. The predicted octanol–water partition coefficient (Wildman–Crippen LogP) is 8.02. The van der Waals surface area contributed by atoms with Gasteiger partial charge in [-0.25, -0.2) is 0 Å². The molecule has 0 bridgehead atoms. The zero-order valence-corrected chi connectivity index (χ0v) is 27.3. The van der Waals surface area contributed by atoms with Gasteiger partial charge in [-0.05, 0) is 100 Å². The van der Waals surface area contributed by atoms with Crippen molar-refractivity contribution in [2.45, 2.75) is 79.6 Å². The minimum atomic E-state index is 0.117. The molecule has 1 saturated carbocycles. The summed E-state index contributed by atoms with van der Waals surface area (Å²) in [6, 6.07) is 9.46. The number of halogens is 1. The lowest BCUT2D eigenvalue weighted by Gasteiger charge is -2.27. The molecular weight excluding hydrogens is 536 g/mol. The number of hydrogen-bond donors (Lipinski definition) is 3. The molecule has 3 N–H and O–H groups in total. The standard InChI is InChI=1S/C17H24ClNO2.C14H23N3O.C2H6/c1-3-4-12-5-7-13(8-6-12)17(20)19-14-9-10-16(21-2)15(18)11-14;1-5-13-11(2)8-12(9-14(13)16-10-18)15-6-7-17(3)4;1-2/h9-13H,3-8H2,1-2H3,(H,19,20);8-10,15H,5-7H2,1-4H3,(H,16,18);1-2H3. The van der Waals surface area contributed by atoms with Crippen LogP contribution in [0.25, 0.3) is 0 Å². The number of likely N-dealkylation sites (N-methyl/N-ethyl adjacent to an activating group) is 1. The third-order valence-electron chi connectivity index (χ3n) is 7.26. The molecule has 0 spiro atoms. The molecule has 0 aliphatic heterocycles. The maximum Gasteiger partial charge on any atom is 0.227 e. The van der Waals surface area contributed by atoms with Crippen molar-refractivity contribution in [2.24, 2.45) is 11.8 Å². The monoisotopic (exact) mass is 588 g/mol. The van der Waals surface area contributed by atoms with Gasteiger partial charge in [0.1, 0.15) is 5.75 Å². The zero-order chi connectivity index (χ0) is 30.8. The largest absolute Gasteiger partial charge is 0.495 e. The number of aryl methyl sites for hydroxylation is 1. The number of nitrogens with zero attached hydrogens (tertiary/aromatic N) is 1. The molecule has 0 unspecified atom stereocenters. The number of carbonyl (C=O) groups is 2. The molecule has 0 atom stereocenters. The van der Waals surface area contributed by atoms with Gasteiger partial charge in [0.25, 0.3) is 0 Å². The van der Waals surface area contributed by atoms with E-state index in [0.717, 1.165) is 61.7 Å². The fourth-order valence-electron chi connectivity index (χ4n) is 5.11. The van der Waals surface area contributed by atoms with Gasteiger partial charge in [0.15, 0.2) is 0 Å². The van der Waals surface area contributed by atoms with Crippen LogP contribution >= 0.6 is 11.6 Å². The van der Waals surface area contributed by atoms with Crippen LogP contribution in [0.2, 0.25) is 5.02 Å². The van der Waals surface area contributed by atoms with Crippen LogP contribution in [0.15, 0.2) is 30.3 Å². The van der Waals surface area contributed by atoms with Crippen molar-refractivity contribution >= 4 is 41.0 Å². The Labute approximate surface area is 253 Å². The van der Waals surface area contributed by atoms with Crippen LogP contribution in [0.5, 0.6) is 5.75 Å². The number of benzene rings is 2. The van der Waals surface area contributed by atoms with Crippen molar-refractivity contribution < 1.29 is 14.3 Å². The molecule has 230 valence electrons. The summed E-state index contributed by atoms with van der Waals surface area (Å²) >= 11 is 6.08. The molecule has 1 fully saturated rings. The van der Waals surface area contributed by atoms with Crippen molar-refractivity contribution in [2.75, 3.05) is 50.2 Å². The van der Waals surface area contributed by atoms with E-state index in [0.29, 0.717) is 10.8 Å². The Bertz CT molecular complexity index is 1050. The summed E-state index contributed by atoms with van der Waals surface area (Å²) in [5.41, 5.74) is 5.09. The second-order valence-electron chi connectivity index (χ2n) is 10.5. The van der Waals surface area contributed by atoms with Crippen LogP contribution in [-0.2, 0) is 16.0 Å². The maximum atomic E-state index is 12.3. The van der Waals surface area contributed by atoms with Crippen molar-refractivity contribution in [1.29, 1.82) is 0 Å². The molecule has 0 saturated heterocycles. The lowest BCUT2D eigenvalue weighted by molar-refractivity contribution is -0.121. The number of rotatable bonds is 12. The number of hydrogen-bond acceptors (Lipinski definition) is 5. The highest BCUT2D eigenvalue weighted by molar-refractivity contribution is 6.32. The van der Waals surface area contributed by atoms with E-state index in [2.05, 4.69) is 47.7 Å². The van der Waals surface area contributed by atoms with Gasteiger partial charge in [0, 0.05) is 36.1 Å². The molecule has 8 heteroatoms. The SMILES string of the molecule is CC.CCCC1CCC(C(=O)Nc2ccc(OC)c(Cl)c2)CC1.CCc1c(C)cc(NCCN(C)C)cc1NC=O. The molecule has 2 aromatic rings. The highest BCUT2D eigenvalue weighted by atomic mass is 35.5. The first-order valence-corrected chi connectivity index (χ1v) is 15.5. The van der Waals surface area contributed by atoms with Gasteiger partial charge in [-0.15, -0.1) is 0 Å². The number of anilines is 3. The van der Waals surface area contributed by atoms with E-state index in [4.69, 9.17) is 16.3 Å². The Morgan fingerprint density at radius 2 is 1.76 bits per heavy atom. The molecule has 0 radical (unpaired) electrons. The van der Waals surface area contributed by atoms with Crippen LogP contribution in [0.3, 0.4) is 0 Å². The predicted molar refractivity (Wildman–Crippen MR) is 176 cm³/mol. The van der Waals surface area contributed by atoms with E-state index in [1.807, 2.05) is 40.1 Å². The Hall–Kier alpha value is -2.77. The number of ether oxygens (including phenoxy) is 1. The van der Waals surface area contributed by atoms with Gasteiger partial charge in [-0.3, -0.25) is 9.59 Å². The van der Waals surface area contributed by atoms with E-state index in [1.54, 1.807) is 19.2 Å². The first-order chi connectivity index (χ1) is 19.7. The van der Waals surface area contributed by atoms with Crippen LogP contribution in [0, 0.1) is 18.8 Å². The minimum absolute atomic E-state index is 0.117. The van der Waals surface area contributed by atoms with E-state index in [9.17, 15) is 9.59 Å². The first-order valence-electron chi connectivity index (χ1n) is 15.1. The van der Waals surface area contributed by atoms with E-state index >= 15 is 0 Å². The van der Waals surface area contributed by atoms with E-state index in [-0.39, 0.29) is 11.8 Å². The second-order valence-corrected chi connectivity index (χ2v) is 10.9. The molecule has 41 heavy (non-hydrogen) atoms. The third-order valence-corrected chi connectivity index (χ3v) is 7.56. The second kappa shape index (κ2) is 20.2. The third kappa shape index (κ3) is 12.7. The fraction of sp³-hybridized carbons (Fsp3) is 0.576. The summed E-state index contributed by atoms with van der Waals surface area (Å²) in [6.07, 6.45) is 8.54. The molecule has 0 aromatic heterocycles. The lowest BCUT2D eigenvalue weighted by Crippen LogP contribution is -2.27. The van der Waals surface area contributed by atoms with Crippen molar-refractivity contribution in [3.05, 3.63) is 46.5 Å². The van der Waals surface area contributed by atoms with Gasteiger partial charge >= 0.3 is 0 Å². The molecule has 0 heterocycles. The normalized spacial score (nSPS) is 16.0. The first kappa shape index (κ1) is 36.3. The van der Waals surface area contributed by atoms with Crippen LogP contribution in [0.1, 0.15) is 77.3 Å². The lowest BCUT2D eigenvalue weighted by atomic mass is 9.80. The van der Waals surface area contributed by atoms with Crippen molar-refractivity contribution in [1.82, 2.24) is 4.90 Å². The number of methoxy groups -OCH3 is 1. The fourth-order valence-corrected chi connectivity index (χ4v) is 5.37. The smallest absolute Gasteiger partial charge is 0.227 e. The molecule has 1 aliphatic carbocycles. The number of nitrogens with one attached hydrogen (secondary N) is 3. The van der Waals surface area contributed by atoms with Crippen molar-refractivity contribution in [3.63, 3.8) is 0 Å². The minimum Gasteiger partial charge on any atom is -0.495 e. The average molecular weight is 589 g/mol. The highest BCUT2D eigenvalue weighted by Crippen LogP contribution is 2.33. The van der Waals surface area contributed by atoms with Crippen LogP contribution in [0.4, 0.5) is 17.1 Å². The summed E-state index contributed by atoms with van der Waals surface area (Å²) in [6.45, 7) is 12.3. The summed E-state index contributed by atoms with van der Waals surface area (Å²) in [5.74, 6) is 1.69. The van der Waals surface area contributed by atoms with Gasteiger partial charge in [0.2, 0.25) is 12.3 Å². The molecule has 1 aliphatic rings. The summed E-state index contributed by atoms with van der Waals surface area (Å²) < 4.78 is 5.11. The number of carbonyl (C=O) groups excluding carboxylic acids is 2. The molecule has 3 rings (SSSR count). The molecule has 2 amide bonds. The molecule has 7 nitrogen and oxygen atoms in total. The topological polar surface area (TPSA) is 82.7 Å². The number of amides is 2. The average Bonchev–Trinajstić information content (AvgIpc) is 2.95. The van der Waals surface area contributed by atoms with Gasteiger partial charge in [0.05, 0.1) is 12.1 Å². The summed E-state index contributed by atoms with van der Waals surface area (Å²) in [5, 5.41) is 9.63. The Kier molecular flexibility index (Phi) is 17.8. The maximum absolute atomic E-state index is 12.3. The Morgan fingerprint density at radius 3 is 2.29 bits per heavy atom. The Morgan fingerprint density at radius 1 is 1.07 bits per heavy atom. The van der Waals surface area contributed by atoms with Crippen LogP contribution in [-0.4, -0.2) is 51.5 Å². The van der Waals surface area contributed by atoms with Gasteiger partial charge in [-0.2, -0.15) is 0 Å². The van der Waals surface area contributed by atoms with Gasteiger partial charge in [-0.1, -0.05) is 52.1 Å². The molecular formula is C33H53ClN4O3. The van der Waals surface area contributed by atoms with Crippen molar-refractivity contribution in [3.8, 4) is 5.75 Å². The van der Waals surface area contributed by atoms with Crippen LogP contribution < -0.4 is 20.7 Å². The zero-order valence-electron chi connectivity index (χ0n) is 26.5. The summed E-state index contributed by atoms with van der Waals surface area (Å²) in [7, 11) is 5.67. The highest BCUT2D eigenvalue weighted by Gasteiger charge is 2.26. The van der Waals surface area contributed by atoms with Gasteiger partial charge < -0.3 is 25.6 Å². The molecule has 2 aromatic carbocycles. The summed E-state index contributed by atoms with van der Waals surface area (Å²) in [4.78, 5) is 25.1. The van der Waals surface area contributed by atoms with E-state index < -0.39 is 0 Å². The Balaban J connectivity index is 0.000000391. The van der Waals surface area contributed by atoms with E-state index in [1.165, 1.54) is 36.8 Å².